The Morgan fingerprint density at radius 3 is 2.57 bits per heavy atom. The predicted molar refractivity (Wildman–Crippen MR) is 55.2 cm³/mol. The van der Waals surface area contributed by atoms with E-state index in [0.717, 1.165) is 0 Å². The molecule has 1 rings (SSSR count). The maximum Gasteiger partial charge on any atom is 0.504 e. The molecule has 0 amide bonds. The average molecular weight is 196 g/mol. The highest BCUT2D eigenvalue weighted by Gasteiger charge is 2.10. The van der Waals surface area contributed by atoms with Crippen LogP contribution in [-0.2, 0) is 0 Å². The molecular weight excluding hydrogens is 182 g/mol. The molecule has 0 saturated heterocycles. The van der Waals surface area contributed by atoms with Crippen molar-refractivity contribution in [1.29, 1.82) is 0 Å². The molecule has 76 valence electrons. The van der Waals surface area contributed by atoms with E-state index in [-0.39, 0.29) is 19.4 Å². The van der Waals surface area contributed by atoms with Crippen molar-refractivity contribution in [2.24, 2.45) is 0 Å². The van der Waals surface area contributed by atoms with Crippen molar-refractivity contribution < 1.29 is 14.1 Å². The fourth-order valence-corrected chi connectivity index (χ4v) is 1.34. The molecule has 0 aromatic heterocycles. The normalized spacial score (nSPS) is 10.4. The van der Waals surface area contributed by atoms with Gasteiger partial charge in [-0.3, -0.25) is 0 Å². The van der Waals surface area contributed by atoms with Crippen molar-refractivity contribution in [3.63, 3.8) is 0 Å². The van der Waals surface area contributed by atoms with Gasteiger partial charge >= 0.3 is 7.69 Å². The molecule has 0 unspecified atom stereocenters. The molecule has 0 aliphatic rings. The molecular formula is C10H14BFO2. The van der Waals surface area contributed by atoms with E-state index in [1.165, 1.54) is 6.07 Å². The van der Waals surface area contributed by atoms with Crippen LogP contribution in [0.25, 0.3) is 0 Å². The lowest BCUT2D eigenvalue weighted by molar-refractivity contribution is 0.449. The molecule has 1 aromatic carbocycles. The van der Waals surface area contributed by atoms with Gasteiger partial charge in [0.25, 0.3) is 0 Å². The van der Waals surface area contributed by atoms with Crippen LogP contribution in [0.3, 0.4) is 0 Å². The van der Waals surface area contributed by atoms with E-state index in [0.29, 0.717) is 16.9 Å². The first-order valence-corrected chi connectivity index (χ1v) is 4.60. The summed E-state index contributed by atoms with van der Waals surface area (Å²) in [7, 11) is -0.385. The second kappa shape index (κ2) is 4.46. The van der Waals surface area contributed by atoms with Crippen LogP contribution in [0.4, 0.5) is 4.39 Å². The molecule has 0 aliphatic carbocycles. The molecule has 0 bridgehead atoms. The van der Waals surface area contributed by atoms with Crippen molar-refractivity contribution in [3.05, 3.63) is 29.1 Å². The summed E-state index contributed by atoms with van der Waals surface area (Å²) in [5, 5.41) is 8.63. The fourth-order valence-electron chi connectivity index (χ4n) is 1.34. The summed E-state index contributed by atoms with van der Waals surface area (Å²) in [5.74, 6) is 0.428. The molecule has 0 aliphatic heterocycles. The van der Waals surface area contributed by atoms with E-state index in [4.69, 9.17) is 9.68 Å². The second-order valence-electron chi connectivity index (χ2n) is 3.57. The Bertz CT molecular complexity index is 326. The van der Waals surface area contributed by atoms with Gasteiger partial charge in [0, 0.05) is 0 Å². The smallest absolute Gasteiger partial charge is 0.504 e. The Labute approximate surface area is 84.0 Å². The molecule has 0 radical (unpaired) electrons. The molecule has 1 N–H and O–H groups in total. The Morgan fingerprint density at radius 2 is 2.07 bits per heavy atom. The Hall–Kier alpha value is -1.03. The maximum absolute atomic E-state index is 13.4. The van der Waals surface area contributed by atoms with Crippen LogP contribution in [-0.4, -0.2) is 12.7 Å². The number of halogens is 1. The minimum Gasteiger partial charge on any atom is -0.539 e. The summed E-state index contributed by atoms with van der Waals surface area (Å²) in [6.45, 7) is 5.57. The maximum atomic E-state index is 13.4. The van der Waals surface area contributed by atoms with Gasteiger partial charge in [-0.15, -0.1) is 0 Å². The van der Waals surface area contributed by atoms with Crippen LogP contribution >= 0.6 is 0 Å². The van der Waals surface area contributed by atoms with Gasteiger partial charge < -0.3 is 9.68 Å². The zero-order valence-corrected chi connectivity index (χ0v) is 8.67. The quantitative estimate of drug-likeness (QED) is 0.748. The molecule has 14 heavy (non-hydrogen) atoms. The van der Waals surface area contributed by atoms with Crippen LogP contribution < -0.4 is 4.65 Å². The third-order valence-corrected chi connectivity index (χ3v) is 2.14. The summed E-state index contributed by atoms with van der Waals surface area (Å²) in [5.41, 5.74) is 1.31. The van der Waals surface area contributed by atoms with Crippen LogP contribution in [0.1, 0.15) is 30.9 Å². The van der Waals surface area contributed by atoms with Gasteiger partial charge in [0.2, 0.25) is 0 Å². The van der Waals surface area contributed by atoms with Crippen molar-refractivity contribution in [1.82, 2.24) is 0 Å². The lowest BCUT2D eigenvalue weighted by Crippen LogP contribution is -2.04. The Balaban J connectivity index is 3.13. The number of rotatable bonds is 3. The van der Waals surface area contributed by atoms with E-state index >= 15 is 0 Å². The molecule has 2 nitrogen and oxygen atoms in total. The topological polar surface area (TPSA) is 29.5 Å². The van der Waals surface area contributed by atoms with Crippen molar-refractivity contribution in [2.75, 3.05) is 0 Å². The fraction of sp³-hybridized carbons (Fsp3) is 0.400. The SMILES string of the molecule is Cc1cc(F)c(C(C)C)cc1OBO. The van der Waals surface area contributed by atoms with E-state index < -0.39 is 0 Å². The highest BCUT2D eigenvalue weighted by molar-refractivity contribution is 6.17. The highest BCUT2D eigenvalue weighted by atomic mass is 19.1. The van der Waals surface area contributed by atoms with Crippen LogP contribution in [0, 0.1) is 12.7 Å². The molecule has 0 heterocycles. The van der Waals surface area contributed by atoms with Crippen molar-refractivity contribution in [3.8, 4) is 5.75 Å². The highest BCUT2D eigenvalue weighted by Crippen LogP contribution is 2.26. The molecule has 1 aromatic rings. The predicted octanol–water partition coefficient (Wildman–Crippen LogP) is 1.90. The zero-order valence-electron chi connectivity index (χ0n) is 8.67. The van der Waals surface area contributed by atoms with Gasteiger partial charge in [-0.1, -0.05) is 13.8 Å². The average Bonchev–Trinajstić information content (AvgIpc) is 2.09. The number of hydrogen-bond donors (Lipinski definition) is 1. The summed E-state index contributed by atoms with van der Waals surface area (Å²) in [4.78, 5) is 0. The number of aryl methyl sites for hydroxylation is 1. The summed E-state index contributed by atoms with van der Waals surface area (Å²) < 4.78 is 18.4. The number of hydrogen-bond acceptors (Lipinski definition) is 2. The third kappa shape index (κ3) is 2.26. The Morgan fingerprint density at radius 1 is 1.43 bits per heavy atom. The molecule has 0 spiro atoms. The molecule has 4 heteroatoms. The summed E-state index contributed by atoms with van der Waals surface area (Å²) in [6.07, 6.45) is 0. The van der Waals surface area contributed by atoms with E-state index in [2.05, 4.69) is 0 Å². The molecule has 0 atom stereocenters. The van der Waals surface area contributed by atoms with Gasteiger partial charge in [-0.05, 0) is 36.1 Å². The Kier molecular flexibility index (Phi) is 3.52. The molecule has 0 saturated carbocycles. The minimum atomic E-state index is -0.385. The molecule has 0 fully saturated rings. The van der Waals surface area contributed by atoms with Gasteiger partial charge in [0.1, 0.15) is 11.6 Å². The van der Waals surface area contributed by atoms with Crippen LogP contribution in [0.15, 0.2) is 12.1 Å². The second-order valence-corrected chi connectivity index (χ2v) is 3.57. The summed E-state index contributed by atoms with van der Waals surface area (Å²) >= 11 is 0. The third-order valence-electron chi connectivity index (χ3n) is 2.14. The van der Waals surface area contributed by atoms with Crippen LogP contribution in [0.5, 0.6) is 5.75 Å². The van der Waals surface area contributed by atoms with Crippen LogP contribution in [0.2, 0.25) is 0 Å². The van der Waals surface area contributed by atoms with Gasteiger partial charge in [-0.2, -0.15) is 0 Å². The lowest BCUT2D eigenvalue weighted by atomic mass is 10.0. The van der Waals surface area contributed by atoms with E-state index in [9.17, 15) is 4.39 Å². The minimum absolute atomic E-state index is 0.108. The first kappa shape index (κ1) is 11.1. The monoisotopic (exact) mass is 196 g/mol. The van der Waals surface area contributed by atoms with Gasteiger partial charge in [0.05, 0.1) is 0 Å². The van der Waals surface area contributed by atoms with Crippen molar-refractivity contribution in [2.45, 2.75) is 26.7 Å². The van der Waals surface area contributed by atoms with Gasteiger partial charge in [-0.25, -0.2) is 4.39 Å². The zero-order chi connectivity index (χ0) is 10.7. The van der Waals surface area contributed by atoms with Gasteiger partial charge in [0.15, 0.2) is 0 Å². The largest absolute Gasteiger partial charge is 0.539 e. The standard InChI is InChI=1S/C10H14BFO2/c1-6(2)8-5-10(14-11-13)7(3)4-9(8)12/h4-6,11,13H,1-3H3. The lowest BCUT2D eigenvalue weighted by Gasteiger charge is -2.12. The first-order chi connectivity index (χ1) is 6.56. The number of benzene rings is 1. The summed E-state index contributed by atoms with van der Waals surface area (Å²) in [6, 6.07) is 3.08. The van der Waals surface area contributed by atoms with E-state index in [1.54, 1.807) is 13.0 Å². The van der Waals surface area contributed by atoms with Crippen molar-refractivity contribution >= 4 is 7.69 Å². The first-order valence-electron chi connectivity index (χ1n) is 4.60. The van der Waals surface area contributed by atoms with E-state index in [1.807, 2.05) is 13.8 Å².